The van der Waals surface area contributed by atoms with Crippen molar-refractivity contribution in [3.8, 4) is 11.5 Å². The van der Waals surface area contributed by atoms with Crippen LogP contribution in [0.5, 0.6) is 11.5 Å². The molecule has 0 radical (unpaired) electrons. The van der Waals surface area contributed by atoms with Crippen LogP contribution in [-0.2, 0) is 16.2 Å². The van der Waals surface area contributed by atoms with Crippen LogP contribution in [-0.4, -0.2) is 26.8 Å². The Morgan fingerprint density at radius 3 is 1.39 bits per heavy atom. The lowest BCUT2D eigenvalue weighted by Crippen LogP contribution is -2.47. The van der Waals surface area contributed by atoms with Crippen LogP contribution in [0.3, 0.4) is 0 Å². The van der Waals surface area contributed by atoms with E-state index in [9.17, 15) is 10.2 Å². The quantitative estimate of drug-likeness (QED) is 0.763. The van der Waals surface area contributed by atoms with Gasteiger partial charge < -0.3 is 14.3 Å². The van der Waals surface area contributed by atoms with Gasteiger partial charge in [-0.1, -0.05) is 36.4 Å². The van der Waals surface area contributed by atoms with E-state index in [1.165, 1.54) is 0 Å². The number of para-hydroxylation sites is 2. The lowest BCUT2D eigenvalue weighted by Gasteiger charge is -2.34. The number of aromatic hydroxyl groups is 2. The molecule has 0 spiro atoms. The highest BCUT2D eigenvalue weighted by Gasteiger charge is 2.34. The van der Waals surface area contributed by atoms with Crippen LogP contribution in [0, 0.1) is 0 Å². The third kappa shape index (κ3) is 5.23. The molecule has 0 aromatic heterocycles. The van der Waals surface area contributed by atoms with Gasteiger partial charge in [-0.2, -0.15) is 0 Å². The summed E-state index contributed by atoms with van der Waals surface area (Å²) < 4.78 is 6.60. The van der Waals surface area contributed by atoms with E-state index in [2.05, 4.69) is 26.2 Å². The molecule has 0 unspecified atom stereocenters. The van der Waals surface area contributed by atoms with Gasteiger partial charge in [-0.05, 0) is 61.5 Å². The van der Waals surface area contributed by atoms with Crippen LogP contribution in [0.4, 0.5) is 0 Å². The van der Waals surface area contributed by atoms with E-state index in [1.807, 2.05) is 36.4 Å². The highest BCUT2D eigenvalue weighted by atomic mass is 28.4. The molecule has 124 valence electrons. The molecule has 23 heavy (non-hydrogen) atoms. The minimum Gasteiger partial charge on any atom is -0.508 e. The SMILES string of the molecule is C[Si](C)(Cc1ccccc1O)O[Si](C)(C)Cc1ccccc1O. The fourth-order valence-corrected chi connectivity index (χ4v) is 12.1. The van der Waals surface area contributed by atoms with Crippen molar-refractivity contribution in [1.82, 2.24) is 0 Å². The van der Waals surface area contributed by atoms with Crippen molar-refractivity contribution in [2.45, 2.75) is 38.3 Å². The van der Waals surface area contributed by atoms with Gasteiger partial charge in [0.05, 0.1) is 0 Å². The summed E-state index contributed by atoms with van der Waals surface area (Å²) in [4.78, 5) is 0. The predicted molar refractivity (Wildman–Crippen MR) is 99.7 cm³/mol. The molecular weight excluding hydrogens is 320 g/mol. The zero-order chi connectivity index (χ0) is 17.1. The van der Waals surface area contributed by atoms with Gasteiger partial charge in [0.25, 0.3) is 0 Å². The second-order valence-corrected chi connectivity index (χ2v) is 15.8. The fraction of sp³-hybridized carbons (Fsp3) is 0.333. The molecule has 2 rings (SSSR count). The largest absolute Gasteiger partial charge is 0.508 e. The lowest BCUT2D eigenvalue weighted by molar-refractivity contribution is 0.465. The molecule has 3 nitrogen and oxygen atoms in total. The van der Waals surface area contributed by atoms with Crippen LogP contribution in [0.25, 0.3) is 0 Å². The van der Waals surface area contributed by atoms with Crippen LogP contribution < -0.4 is 0 Å². The van der Waals surface area contributed by atoms with Crippen LogP contribution in [0.2, 0.25) is 26.2 Å². The van der Waals surface area contributed by atoms with Crippen molar-refractivity contribution in [1.29, 1.82) is 0 Å². The summed E-state index contributed by atoms with van der Waals surface area (Å²) in [5, 5.41) is 20.0. The monoisotopic (exact) mass is 346 g/mol. The number of hydrogen-bond acceptors (Lipinski definition) is 3. The van der Waals surface area contributed by atoms with Gasteiger partial charge in [-0.3, -0.25) is 0 Å². The van der Waals surface area contributed by atoms with Crippen molar-refractivity contribution >= 4 is 16.6 Å². The topological polar surface area (TPSA) is 49.7 Å². The molecule has 0 heterocycles. The molecular formula is C18H26O3Si2. The Bertz CT molecular complexity index is 611. The summed E-state index contributed by atoms with van der Waals surface area (Å²) in [6.07, 6.45) is 0. The molecule has 2 aromatic carbocycles. The van der Waals surface area contributed by atoms with Crippen molar-refractivity contribution in [2.75, 3.05) is 0 Å². The Kier molecular flexibility index (Phi) is 5.34. The molecule has 0 saturated heterocycles. The molecule has 0 fully saturated rings. The third-order valence-corrected chi connectivity index (χ3v) is 10.7. The Labute approximate surface area is 140 Å². The first-order valence-corrected chi connectivity index (χ1v) is 14.2. The Morgan fingerprint density at radius 2 is 1.04 bits per heavy atom. The zero-order valence-corrected chi connectivity index (χ0v) is 16.3. The van der Waals surface area contributed by atoms with E-state index in [1.54, 1.807) is 12.1 Å². The highest BCUT2D eigenvalue weighted by Crippen LogP contribution is 2.27. The summed E-state index contributed by atoms with van der Waals surface area (Å²) in [6.45, 7) is 8.77. The average molecular weight is 347 g/mol. The molecule has 0 aliphatic carbocycles. The molecule has 2 aromatic rings. The lowest BCUT2D eigenvalue weighted by atomic mass is 10.2. The molecule has 0 atom stereocenters. The third-order valence-electron chi connectivity index (χ3n) is 3.77. The minimum atomic E-state index is -1.96. The van der Waals surface area contributed by atoms with Gasteiger partial charge >= 0.3 is 0 Å². The normalized spacial score (nSPS) is 12.3. The summed E-state index contributed by atoms with van der Waals surface area (Å²) in [5.74, 6) is 0.689. The first kappa shape index (κ1) is 17.8. The van der Waals surface area contributed by atoms with Gasteiger partial charge in [0.15, 0.2) is 16.6 Å². The maximum absolute atomic E-state index is 9.99. The van der Waals surface area contributed by atoms with Crippen LogP contribution >= 0.6 is 0 Å². The molecule has 0 saturated carbocycles. The minimum absolute atomic E-state index is 0.344. The number of benzene rings is 2. The molecule has 2 N–H and O–H groups in total. The second-order valence-electron chi connectivity index (χ2n) is 7.23. The van der Waals surface area contributed by atoms with Gasteiger partial charge in [-0.25, -0.2) is 0 Å². The highest BCUT2D eigenvalue weighted by molar-refractivity contribution is 6.84. The average Bonchev–Trinajstić information content (AvgIpc) is 2.42. The van der Waals surface area contributed by atoms with E-state index in [4.69, 9.17) is 4.12 Å². The Morgan fingerprint density at radius 1 is 0.696 bits per heavy atom. The summed E-state index contributed by atoms with van der Waals surface area (Å²) in [7, 11) is -3.92. The van der Waals surface area contributed by atoms with Gasteiger partial charge in [0.2, 0.25) is 0 Å². The van der Waals surface area contributed by atoms with Crippen molar-refractivity contribution in [3.63, 3.8) is 0 Å². The standard InChI is InChI=1S/C18H26O3Si2/c1-22(2,13-15-9-5-7-11-17(15)19)21-23(3,4)14-16-10-6-8-12-18(16)20/h5-12,19-20H,13-14H2,1-4H3. The first-order chi connectivity index (χ1) is 10.7. The Balaban J connectivity index is 2.09. The van der Waals surface area contributed by atoms with E-state index in [0.29, 0.717) is 11.5 Å². The van der Waals surface area contributed by atoms with E-state index in [0.717, 1.165) is 23.2 Å². The maximum Gasteiger partial charge on any atom is 0.177 e. The maximum atomic E-state index is 9.99. The number of hydrogen-bond donors (Lipinski definition) is 2. The number of rotatable bonds is 6. The van der Waals surface area contributed by atoms with E-state index >= 15 is 0 Å². The molecule has 0 aliphatic rings. The van der Waals surface area contributed by atoms with Gasteiger partial charge in [0, 0.05) is 0 Å². The predicted octanol–water partition coefficient (Wildman–Crippen LogP) is 4.39. The van der Waals surface area contributed by atoms with E-state index < -0.39 is 16.6 Å². The van der Waals surface area contributed by atoms with Crippen molar-refractivity contribution in [2.24, 2.45) is 0 Å². The number of phenolic OH excluding ortho intramolecular Hbond substituents is 2. The van der Waals surface area contributed by atoms with Crippen LogP contribution in [0.1, 0.15) is 11.1 Å². The fourth-order valence-electron chi connectivity index (χ4n) is 3.06. The molecule has 0 amide bonds. The van der Waals surface area contributed by atoms with Gasteiger partial charge in [0.1, 0.15) is 11.5 Å². The molecule has 0 bridgehead atoms. The first-order valence-electron chi connectivity index (χ1n) is 7.92. The van der Waals surface area contributed by atoms with Crippen molar-refractivity contribution < 1.29 is 14.3 Å². The van der Waals surface area contributed by atoms with Crippen LogP contribution in [0.15, 0.2) is 48.5 Å². The summed E-state index contributed by atoms with van der Waals surface area (Å²) in [6, 6.07) is 16.5. The summed E-state index contributed by atoms with van der Waals surface area (Å²) in [5.41, 5.74) is 1.91. The van der Waals surface area contributed by atoms with Crippen molar-refractivity contribution in [3.05, 3.63) is 59.7 Å². The smallest absolute Gasteiger partial charge is 0.177 e. The molecule has 0 aliphatic heterocycles. The summed E-state index contributed by atoms with van der Waals surface area (Å²) >= 11 is 0. The zero-order valence-electron chi connectivity index (χ0n) is 14.3. The van der Waals surface area contributed by atoms with Gasteiger partial charge in [-0.15, -0.1) is 0 Å². The molecule has 5 heteroatoms. The number of phenols is 2. The Hall–Kier alpha value is -1.57. The second kappa shape index (κ2) is 6.90. The van der Waals surface area contributed by atoms with E-state index in [-0.39, 0.29) is 0 Å².